The predicted octanol–water partition coefficient (Wildman–Crippen LogP) is 2.03. The van der Waals surface area contributed by atoms with Crippen LogP contribution in [0.2, 0.25) is 0 Å². The fraction of sp³-hybridized carbons (Fsp3) is 0.571. The summed E-state index contributed by atoms with van der Waals surface area (Å²) in [4.78, 5) is 26.5. The molecule has 2 rings (SSSR count). The lowest BCUT2D eigenvalue weighted by molar-refractivity contribution is -0.142. The summed E-state index contributed by atoms with van der Waals surface area (Å²) < 4.78 is 0. The molecular formula is C14H20N2O2S. The minimum absolute atomic E-state index is 0.0490. The van der Waals surface area contributed by atoms with E-state index in [2.05, 4.69) is 18.4 Å². The van der Waals surface area contributed by atoms with Crippen molar-refractivity contribution in [1.29, 1.82) is 0 Å². The van der Waals surface area contributed by atoms with Crippen molar-refractivity contribution in [2.75, 3.05) is 6.54 Å². The van der Waals surface area contributed by atoms with Crippen LogP contribution in [-0.4, -0.2) is 29.3 Å². The molecular weight excluding hydrogens is 260 g/mol. The number of amides is 2. The Balaban J connectivity index is 2.06. The van der Waals surface area contributed by atoms with Gasteiger partial charge in [0.2, 0.25) is 11.8 Å². The van der Waals surface area contributed by atoms with Gasteiger partial charge in [-0.3, -0.25) is 9.59 Å². The molecule has 0 aliphatic carbocycles. The van der Waals surface area contributed by atoms with Crippen molar-refractivity contribution in [3.05, 3.63) is 21.9 Å². The highest BCUT2D eigenvalue weighted by Gasteiger charge is 2.33. The van der Waals surface area contributed by atoms with Gasteiger partial charge in [0.1, 0.15) is 6.04 Å². The van der Waals surface area contributed by atoms with Crippen LogP contribution < -0.4 is 5.73 Å². The van der Waals surface area contributed by atoms with E-state index in [1.807, 2.05) is 6.92 Å². The largest absolute Gasteiger partial charge is 0.368 e. The molecule has 0 radical (unpaired) electrons. The number of hydrogen-bond donors (Lipinski definition) is 1. The number of carbonyl (C=O) groups excluding carboxylic acids is 2. The number of nitrogens with zero attached hydrogens (tertiary/aromatic N) is 1. The standard InChI is InChI=1S/C14H20N2O2S/c1-3-11(14(15)18)16-5-4-10(7-13(16)17)12-6-9(2)8-19-12/h6,8,10-11H,3-5,7H2,1-2H3,(H2,15,18). The highest BCUT2D eigenvalue weighted by molar-refractivity contribution is 7.10. The zero-order valence-corrected chi connectivity index (χ0v) is 12.2. The Kier molecular flexibility index (Phi) is 4.24. The lowest BCUT2D eigenvalue weighted by Crippen LogP contribution is -2.50. The van der Waals surface area contributed by atoms with E-state index in [-0.39, 0.29) is 5.91 Å². The maximum atomic E-state index is 12.2. The smallest absolute Gasteiger partial charge is 0.240 e. The summed E-state index contributed by atoms with van der Waals surface area (Å²) in [6, 6.07) is 1.71. The molecule has 4 nitrogen and oxygen atoms in total. The van der Waals surface area contributed by atoms with Gasteiger partial charge in [-0.05, 0) is 36.8 Å². The second kappa shape index (κ2) is 5.74. The van der Waals surface area contributed by atoms with Crippen molar-refractivity contribution < 1.29 is 9.59 Å². The first-order valence-corrected chi connectivity index (χ1v) is 7.54. The minimum atomic E-state index is -0.446. The van der Waals surface area contributed by atoms with Gasteiger partial charge in [0.15, 0.2) is 0 Å². The maximum Gasteiger partial charge on any atom is 0.240 e. The monoisotopic (exact) mass is 280 g/mol. The lowest BCUT2D eigenvalue weighted by Gasteiger charge is -2.35. The molecule has 1 aromatic rings. The second-order valence-electron chi connectivity index (χ2n) is 5.13. The van der Waals surface area contributed by atoms with Gasteiger partial charge >= 0.3 is 0 Å². The summed E-state index contributed by atoms with van der Waals surface area (Å²) in [6.45, 7) is 4.58. The van der Waals surface area contributed by atoms with Crippen LogP contribution in [0.1, 0.15) is 42.5 Å². The SMILES string of the molecule is CCC(C(N)=O)N1CCC(c2cc(C)cs2)CC1=O. The number of nitrogens with two attached hydrogens (primary N) is 1. The summed E-state index contributed by atoms with van der Waals surface area (Å²) in [6.07, 6.45) is 1.99. The van der Waals surface area contributed by atoms with E-state index < -0.39 is 11.9 Å². The minimum Gasteiger partial charge on any atom is -0.368 e. The van der Waals surface area contributed by atoms with Gasteiger partial charge in [0, 0.05) is 23.8 Å². The molecule has 2 N–H and O–H groups in total. The van der Waals surface area contributed by atoms with Crippen molar-refractivity contribution in [3.63, 3.8) is 0 Å². The lowest BCUT2D eigenvalue weighted by atomic mass is 9.93. The number of hydrogen-bond acceptors (Lipinski definition) is 3. The second-order valence-corrected chi connectivity index (χ2v) is 6.07. The van der Waals surface area contributed by atoms with E-state index >= 15 is 0 Å². The van der Waals surface area contributed by atoms with Crippen molar-refractivity contribution >= 4 is 23.2 Å². The van der Waals surface area contributed by atoms with Gasteiger partial charge in [-0.2, -0.15) is 0 Å². The Morgan fingerprint density at radius 1 is 1.63 bits per heavy atom. The van der Waals surface area contributed by atoms with E-state index in [0.717, 1.165) is 6.42 Å². The number of thiophene rings is 1. The Bertz CT molecular complexity index is 484. The number of primary amides is 1. The average molecular weight is 280 g/mol. The molecule has 2 heterocycles. The van der Waals surface area contributed by atoms with Gasteiger partial charge in [-0.1, -0.05) is 6.92 Å². The fourth-order valence-electron chi connectivity index (χ4n) is 2.66. The van der Waals surface area contributed by atoms with Crippen molar-refractivity contribution in [3.8, 4) is 0 Å². The molecule has 0 bridgehead atoms. The zero-order chi connectivity index (χ0) is 14.0. The van der Waals surface area contributed by atoms with E-state index in [1.54, 1.807) is 16.2 Å². The third-order valence-electron chi connectivity index (χ3n) is 3.70. The van der Waals surface area contributed by atoms with Gasteiger partial charge < -0.3 is 10.6 Å². The molecule has 2 unspecified atom stereocenters. The average Bonchev–Trinajstić information content (AvgIpc) is 2.78. The maximum absolute atomic E-state index is 12.2. The molecule has 104 valence electrons. The van der Waals surface area contributed by atoms with Gasteiger partial charge in [0.25, 0.3) is 0 Å². The van der Waals surface area contributed by atoms with Crippen LogP contribution in [0.3, 0.4) is 0 Å². The predicted molar refractivity (Wildman–Crippen MR) is 76.0 cm³/mol. The normalized spacial score (nSPS) is 21.5. The third-order valence-corrected chi connectivity index (χ3v) is 4.92. The first-order valence-electron chi connectivity index (χ1n) is 6.66. The number of carbonyl (C=O) groups is 2. The van der Waals surface area contributed by atoms with Crippen LogP contribution in [0, 0.1) is 6.92 Å². The Labute approximate surface area is 117 Å². The Morgan fingerprint density at radius 2 is 2.37 bits per heavy atom. The summed E-state index contributed by atoms with van der Waals surface area (Å²) in [5, 5.41) is 2.12. The van der Waals surface area contributed by atoms with Crippen molar-refractivity contribution in [2.45, 2.75) is 45.1 Å². The van der Waals surface area contributed by atoms with Crippen LogP contribution >= 0.6 is 11.3 Å². The molecule has 19 heavy (non-hydrogen) atoms. The molecule has 1 saturated heterocycles. The molecule has 0 saturated carbocycles. The van der Waals surface area contributed by atoms with Crippen LogP contribution in [0.25, 0.3) is 0 Å². The van der Waals surface area contributed by atoms with Crippen molar-refractivity contribution in [1.82, 2.24) is 4.90 Å². The summed E-state index contributed by atoms with van der Waals surface area (Å²) in [7, 11) is 0. The van der Waals surface area contributed by atoms with Crippen LogP contribution in [0.15, 0.2) is 11.4 Å². The van der Waals surface area contributed by atoms with Crippen molar-refractivity contribution in [2.24, 2.45) is 5.73 Å². The Hall–Kier alpha value is -1.36. The van der Waals surface area contributed by atoms with Crippen LogP contribution in [0.4, 0.5) is 0 Å². The topological polar surface area (TPSA) is 63.4 Å². The van der Waals surface area contributed by atoms with E-state index in [9.17, 15) is 9.59 Å². The molecule has 2 atom stereocenters. The summed E-state index contributed by atoms with van der Waals surface area (Å²) in [5.41, 5.74) is 6.61. The molecule has 0 spiro atoms. The van der Waals surface area contributed by atoms with E-state index in [4.69, 9.17) is 5.73 Å². The van der Waals surface area contributed by atoms with E-state index in [1.165, 1.54) is 10.4 Å². The van der Waals surface area contributed by atoms with Gasteiger partial charge in [-0.15, -0.1) is 11.3 Å². The highest BCUT2D eigenvalue weighted by Crippen LogP contribution is 2.33. The molecule has 5 heteroatoms. The van der Waals surface area contributed by atoms with Crippen LogP contribution in [-0.2, 0) is 9.59 Å². The third kappa shape index (κ3) is 2.97. The highest BCUT2D eigenvalue weighted by atomic mass is 32.1. The first kappa shape index (κ1) is 14.1. The quantitative estimate of drug-likeness (QED) is 0.917. The zero-order valence-electron chi connectivity index (χ0n) is 11.4. The number of piperidine rings is 1. The number of aryl methyl sites for hydroxylation is 1. The number of rotatable bonds is 4. The summed E-state index contributed by atoms with van der Waals surface area (Å²) in [5.74, 6) is -0.0537. The van der Waals surface area contributed by atoms with Gasteiger partial charge in [-0.25, -0.2) is 0 Å². The van der Waals surface area contributed by atoms with Crippen LogP contribution in [0.5, 0.6) is 0 Å². The van der Waals surface area contributed by atoms with E-state index in [0.29, 0.717) is 25.3 Å². The Morgan fingerprint density at radius 3 is 2.84 bits per heavy atom. The molecule has 1 aliphatic heterocycles. The molecule has 1 aromatic heterocycles. The fourth-order valence-corrected chi connectivity index (χ4v) is 3.70. The molecule has 0 aromatic carbocycles. The van der Waals surface area contributed by atoms with Gasteiger partial charge in [0.05, 0.1) is 0 Å². The molecule has 1 aliphatic rings. The first-order chi connectivity index (χ1) is 9.02. The molecule has 2 amide bonds. The molecule has 1 fully saturated rings. The summed E-state index contributed by atoms with van der Waals surface area (Å²) >= 11 is 1.72. The number of likely N-dealkylation sites (tertiary alicyclic amines) is 1.